The van der Waals surface area contributed by atoms with Crippen molar-refractivity contribution < 1.29 is 9.90 Å². The summed E-state index contributed by atoms with van der Waals surface area (Å²) in [5, 5.41) is 8.59. The van der Waals surface area contributed by atoms with Gasteiger partial charge in [0.15, 0.2) is 0 Å². The maximum absolute atomic E-state index is 10.4. The lowest BCUT2D eigenvalue weighted by molar-refractivity contribution is -0.141. The Kier molecular flexibility index (Phi) is 1.94. The molecule has 3 nitrogen and oxygen atoms in total. The van der Waals surface area contributed by atoms with E-state index >= 15 is 0 Å². The van der Waals surface area contributed by atoms with Crippen molar-refractivity contribution in [3.8, 4) is 0 Å². The van der Waals surface area contributed by atoms with Crippen molar-refractivity contribution in [1.82, 2.24) is 0 Å². The zero-order chi connectivity index (χ0) is 7.72. The molecule has 0 aromatic carbocycles. The molecule has 0 heterocycles. The van der Waals surface area contributed by atoms with E-state index in [2.05, 4.69) is 0 Å². The van der Waals surface area contributed by atoms with Gasteiger partial charge in [-0.3, -0.25) is 4.79 Å². The Bertz CT molecular complexity index is 137. The van der Waals surface area contributed by atoms with Crippen LogP contribution in [0.1, 0.15) is 19.8 Å². The van der Waals surface area contributed by atoms with Crippen molar-refractivity contribution in [2.24, 2.45) is 17.6 Å². The van der Waals surface area contributed by atoms with Crippen LogP contribution in [0.3, 0.4) is 0 Å². The molecule has 1 aliphatic rings. The summed E-state index contributed by atoms with van der Waals surface area (Å²) in [6, 6.07) is 0.0982. The predicted octanol–water partition coefficient (Wildman–Crippen LogP) is 0.444. The Morgan fingerprint density at radius 2 is 2.20 bits per heavy atom. The van der Waals surface area contributed by atoms with Crippen molar-refractivity contribution in [3.05, 3.63) is 0 Å². The van der Waals surface area contributed by atoms with Gasteiger partial charge < -0.3 is 10.8 Å². The fraction of sp³-hybridized carbons (Fsp3) is 0.857. The second-order valence-corrected chi connectivity index (χ2v) is 3.15. The predicted molar refractivity (Wildman–Crippen MR) is 37.5 cm³/mol. The van der Waals surface area contributed by atoms with Crippen molar-refractivity contribution in [1.29, 1.82) is 0 Å². The third kappa shape index (κ3) is 1.29. The van der Waals surface area contributed by atoms with E-state index in [1.165, 1.54) is 0 Å². The van der Waals surface area contributed by atoms with Gasteiger partial charge in [-0.1, -0.05) is 6.92 Å². The van der Waals surface area contributed by atoms with Crippen LogP contribution < -0.4 is 5.73 Å². The van der Waals surface area contributed by atoms with Gasteiger partial charge in [0.2, 0.25) is 0 Å². The molecule has 1 aliphatic carbocycles. The highest BCUT2D eigenvalue weighted by molar-refractivity contribution is 5.70. The zero-order valence-electron chi connectivity index (χ0n) is 6.08. The summed E-state index contributed by atoms with van der Waals surface area (Å²) < 4.78 is 0. The lowest BCUT2D eigenvalue weighted by Crippen LogP contribution is -2.22. The number of carboxylic acids is 1. The van der Waals surface area contributed by atoms with Gasteiger partial charge in [-0.25, -0.2) is 0 Å². The molecule has 0 unspecified atom stereocenters. The summed E-state index contributed by atoms with van der Waals surface area (Å²) in [4.78, 5) is 10.4. The normalized spacial score (nSPS) is 40.0. The Balaban J connectivity index is 2.49. The summed E-state index contributed by atoms with van der Waals surface area (Å²) in [5.74, 6) is -0.508. The molecule has 1 fully saturated rings. The summed E-state index contributed by atoms with van der Waals surface area (Å²) in [5.41, 5.74) is 5.64. The topological polar surface area (TPSA) is 63.3 Å². The molecule has 3 N–H and O–H groups in total. The minimum atomic E-state index is -0.695. The Hall–Kier alpha value is -0.570. The molecule has 0 spiro atoms. The van der Waals surface area contributed by atoms with Crippen LogP contribution in [0.4, 0.5) is 0 Å². The van der Waals surface area contributed by atoms with E-state index in [-0.39, 0.29) is 12.0 Å². The van der Waals surface area contributed by atoms with Crippen LogP contribution in [0.2, 0.25) is 0 Å². The Morgan fingerprint density at radius 3 is 2.40 bits per heavy atom. The Morgan fingerprint density at radius 1 is 1.60 bits per heavy atom. The van der Waals surface area contributed by atoms with Crippen molar-refractivity contribution >= 4 is 5.97 Å². The quantitative estimate of drug-likeness (QED) is 0.560. The first-order valence-corrected chi connectivity index (χ1v) is 3.59. The van der Waals surface area contributed by atoms with Crippen LogP contribution in [-0.4, -0.2) is 17.1 Å². The molecule has 1 rings (SSSR count). The molecule has 0 amide bonds. The van der Waals surface area contributed by atoms with E-state index in [4.69, 9.17) is 10.8 Å². The third-order valence-electron chi connectivity index (χ3n) is 2.29. The van der Waals surface area contributed by atoms with Crippen molar-refractivity contribution in [2.75, 3.05) is 0 Å². The molecule has 10 heavy (non-hydrogen) atoms. The van der Waals surface area contributed by atoms with Crippen molar-refractivity contribution in [2.45, 2.75) is 25.8 Å². The first-order valence-electron chi connectivity index (χ1n) is 3.59. The smallest absolute Gasteiger partial charge is 0.306 e. The minimum Gasteiger partial charge on any atom is -0.481 e. The maximum atomic E-state index is 10.4. The SMILES string of the molecule is C[C@H]1C[C@H](C(=O)O)C[C@@H]1N. The summed E-state index contributed by atoms with van der Waals surface area (Å²) in [7, 11) is 0. The van der Waals surface area contributed by atoms with E-state index in [1.54, 1.807) is 0 Å². The lowest BCUT2D eigenvalue weighted by atomic mass is 10.1. The highest BCUT2D eigenvalue weighted by Gasteiger charge is 2.32. The molecule has 1 saturated carbocycles. The molecular weight excluding hydrogens is 130 g/mol. The highest BCUT2D eigenvalue weighted by Crippen LogP contribution is 2.29. The fourth-order valence-corrected chi connectivity index (χ4v) is 1.48. The van der Waals surface area contributed by atoms with Crippen LogP contribution >= 0.6 is 0 Å². The average molecular weight is 143 g/mol. The molecule has 58 valence electrons. The molecular formula is C7H13NO2. The third-order valence-corrected chi connectivity index (χ3v) is 2.29. The average Bonchev–Trinajstić information content (AvgIpc) is 2.13. The fourth-order valence-electron chi connectivity index (χ4n) is 1.48. The molecule has 3 atom stereocenters. The van der Waals surface area contributed by atoms with Crippen LogP contribution in [-0.2, 0) is 4.79 Å². The zero-order valence-corrected chi connectivity index (χ0v) is 6.08. The van der Waals surface area contributed by atoms with Gasteiger partial charge >= 0.3 is 5.97 Å². The van der Waals surface area contributed by atoms with Gasteiger partial charge in [0, 0.05) is 6.04 Å². The molecule has 0 aromatic rings. The van der Waals surface area contributed by atoms with Crippen molar-refractivity contribution in [3.63, 3.8) is 0 Å². The number of carbonyl (C=O) groups is 1. The van der Waals surface area contributed by atoms with Crippen LogP contribution in [0.5, 0.6) is 0 Å². The van der Waals surface area contributed by atoms with E-state index < -0.39 is 5.97 Å². The highest BCUT2D eigenvalue weighted by atomic mass is 16.4. The molecule has 0 radical (unpaired) electrons. The largest absolute Gasteiger partial charge is 0.481 e. The monoisotopic (exact) mass is 143 g/mol. The molecule has 3 heteroatoms. The van der Waals surface area contributed by atoms with Gasteiger partial charge in [0.1, 0.15) is 0 Å². The summed E-state index contributed by atoms with van der Waals surface area (Å²) in [6.07, 6.45) is 1.40. The van der Waals surface area contributed by atoms with Gasteiger partial charge in [-0.15, -0.1) is 0 Å². The van der Waals surface area contributed by atoms with Gasteiger partial charge in [-0.2, -0.15) is 0 Å². The van der Waals surface area contributed by atoms with Gasteiger partial charge in [-0.05, 0) is 18.8 Å². The number of hydrogen-bond donors (Lipinski definition) is 2. The van der Waals surface area contributed by atoms with Crippen LogP contribution in [0.25, 0.3) is 0 Å². The van der Waals surface area contributed by atoms with Crippen LogP contribution in [0.15, 0.2) is 0 Å². The molecule has 0 aliphatic heterocycles. The van der Waals surface area contributed by atoms with Gasteiger partial charge in [0.25, 0.3) is 0 Å². The second-order valence-electron chi connectivity index (χ2n) is 3.15. The number of carboxylic acid groups (broad SMARTS) is 1. The first-order chi connectivity index (χ1) is 4.61. The molecule has 0 bridgehead atoms. The standard InChI is InChI=1S/C7H13NO2/c1-4-2-5(7(9)10)3-6(4)8/h4-6H,2-3,8H2,1H3,(H,9,10)/t4-,5-,6-/m0/s1. The van der Waals surface area contributed by atoms with E-state index in [0.717, 1.165) is 6.42 Å². The number of aliphatic carboxylic acids is 1. The van der Waals surface area contributed by atoms with Gasteiger partial charge in [0.05, 0.1) is 5.92 Å². The molecule has 0 aromatic heterocycles. The second kappa shape index (κ2) is 2.58. The Labute approximate surface area is 60.2 Å². The number of rotatable bonds is 1. The maximum Gasteiger partial charge on any atom is 0.306 e. The minimum absolute atomic E-state index is 0.0982. The summed E-state index contributed by atoms with van der Waals surface area (Å²) in [6.45, 7) is 2.01. The number of hydrogen-bond acceptors (Lipinski definition) is 2. The summed E-state index contributed by atoms with van der Waals surface area (Å²) >= 11 is 0. The number of nitrogens with two attached hydrogens (primary N) is 1. The lowest BCUT2D eigenvalue weighted by Gasteiger charge is -2.05. The van der Waals surface area contributed by atoms with Crippen LogP contribution in [0, 0.1) is 11.8 Å². The van der Waals surface area contributed by atoms with E-state index in [1.807, 2.05) is 6.92 Å². The van der Waals surface area contributed by atoms with E-state index in [0.29, 0.717) is 12.3 Å². The first kappa shape index (κ1) is 7.54. The molecule has 0 saturated heterocycles. The van der Waals surface area contributed by atoms with E-state index in [9.17, 15) is 4.79 Å².